The molecule has 5 rings (SSSR count). The van der Waals surface area contributed by atoms with Crippen LogP contribution in [0.15, 0.2) is 71.7 Å². The van der Waals surface area contributed by atoms with Gasteiger partial charge in [-0.2, -0.15) is 0 Å². The molecule has 0 saturated heterocycles. The average Bonchev–Trinajstić information content (AvgIpc) is 3.31. The fraction of sp³-hybridized carbons (Fsp3) is 0.200. The third kappa shape index (κ3) is 5.88. The lowest BCUT2D eigenvalue weighted by molar-refractivity contribution is 0.102. The number of ether oxygens (including phenoxy) is 2. The van der Waals surface area contributed by atoms with Crippen molar-refractivity contribution in [1.82, 2.24) is 0 Å². The number of hydrogen-bond acceptors (Lipinski definition) is 5. The van der Waals surface area contributed by atoms with Crippen LogP contribution in [-0.4, -0.2) is 19.2 Å². The predicted octanol–water partition coefficient (Wildman–Crippen LogP) is 8.52. The SMILES string of the molecule is COc1cccc(C=Nc2sc3c(c2C(=O)Nc2ccccc2)CCCC3)c1OCc1ccc(Cl)c(Cl)c1. The molecule has 1 aliphatic carbocycles. The summed E-state index contributed by atoms with van der Waals surface area (Å²) in [6.45, 7) is 0.274. The maximum atomic E-state index is 13.4. The van der Waals surface area contributed by atoms with E-state index in [-0.39, 0.29) is 12.5 Å². The second-order valence-electron chi connectivity index (χ2n) is 8.89. The number of aliphatic imine (C=N–C) groups is 1. The minimum atomic E-state index is -0.135. The Balaban J connectivity index is 1.45. The molecule has 0 unspecified atom stereocenters. The number of carbonyl (C=O) groups excluding carboxylic acids is 1. The van der Waals surface area contributed by atoms with Crippen LogP contribution in [0, 0.1) is 0 Å². The van der Waals surface area contributed by atoms with E-state index in [9.17, 15) is 4.79 Å². The molecule has 1 aromatic heterocycles. The van der Waals surface area contributed by atoms with Gasteiger partial charge < -0.3 is 14.8 Å². The first kappa shape index (κ1) is 26.3. The quantitative estimate of drug-likeness (QED) is 0.218. The number of methoxy groups -OCH3 is 1. The van der Waals surface area contributed by atoms with Gasteiger partial charge in [0.25, 0.3) is 5.91 Å². The molecule has 1 N–H and O–H groups in total. The Morgan fingerprint density at radius 2 is 1.84 bits per heavy atom. The summed E-state index contributed by atoms with van der Waals surface area (Å²) in [6.07, 6.45) is 5.79. The fourth-order valence-corrected chi connectivity index (χ4v) is 6.01. The van der Waals surface area contributed by atoms with Gasteiger partial charge in [0.15, 0.2) is 11.5 Å². The van der Waals surface area contributed by atoms with E-state index in [1.54, 1.807) is 36.8 Å². The first-order chi connectivity index (χ1) is 18.5. The van der Waals surface area contributed by atoms with Crippen LogP contribution in [0.4, 0.5) is 10.7 Å². The molecule has 38 heavy (non-hydrogen) atoms. The molecule has 1 amide bonds. The van der Waals surface area contributed by atoms with Crippen molar-refractivity contribution in [3.05, 3.63) is 104 Å². The molecular weight excluding hydrogens is 539 g/mol. The Morgan fingerprint density at radius 1 is 1.03 bits per heavy atom. The first-order valence-electron chi connectivity index (χ1n) is 12.3. The van der Waals surface area contributed by atoms with E-state index in [1.165, 1.54) is 4.88 Å². The number of anilines is 1. The van der Waals surface area contributed by atoms with Crippen LogP contribution in [0.2, 0.25) is 10.0 Å². The Labute approximate surface area is 236 Å². The summed E-state index contributed by atoms with van der Waals surface area (Å²) in [4.78, 5) is 19.5. The molecule has 0 fully saturated rings. The van der Waals surface area contributed by atoms with Crippen molar-refractivity contribution in [2.24, 2.45) is 4.99 Å². The number of nitrogens with one attached hydrogen (secondary N) is 1. The Bertz CT molecular complexity index is 1480. The minimum absolute atomic E-state index is 0.135. The van der Waals surface area contributed by atoms with E-state index >= 15 is 0 Å². The van der Waals surface area contributed by atoms with Crippen molar-refractivity contribution in [3.63, 3.8) is 0 Å². The number of aryl methyl sites for hydroxylation is 1. The summed E-state index contributed by atoms with van der Waals surface area (Å²) in [7, 11) is 1.60. The molecule has 4 aromatic rings. The molecule has 0 spiro atoms. The normalized spacial score (nSPS) is 12.8. The Morgan fingerprint density at radius 3 is 2.63 bits per heavy atom. The van der Waals surface area contributed by atoms with Gasteiger partial charge in [-0.25, -0.2) is 4.99 Å². The standard InChI is InChI=1S/C30H26Cl2N2O3S/c1-36-25-12-7-8-20(28(25)37-18-19-14-15-23(31)24(32)16-19)17-33-30-27(22-11-5-6-13-26(22)38-30)29(35)34-21-9-3-2-4-10-21/h2-4,7-10,12,14-17H,5-6,11,13,18H2,1H3,(H,34,35). The molecule has 3 aromatic carbocycles. The fourth-order valence-electron chi connectivity index (χ4n) is 4.45. The average molecular weight is 566 g/mol. The largest absolute Gasteiger partial charge is 0.493 e. The van der Waals surface area contributed by atoms with E-state index < -0.39 is 0 Å². The zero-order valence-electron chi connectivity index (χ0n) is 20.8. The van der Waals surface area contributed by atoms with Crippen LogP contribution in [0.5, 0.6) is 11.5 Å². The smallest absolute Gasteiger partial charge is 0.259 e. The maximum Gasteiger partial charge on any atom is 0.259 e. The van der Waals surface area contributed by atoms with Crippen LogP contribution in [0.1, 0.15) is 44.8 Å². The summed E-state index contributed by atoms with van der Waals surface area (Å²) in [6, 6.07) is 20.5. The number of para-hydroxylation sites is 2. The van der Waals surface area contributed by atoms with Crippen LogP contribution >= 0.6 is 34.5 Å². The first-order valence-corrected chi connectivity index (χ1v) is 13.9. The number of hydrogen-bond donors (Lipinski definition) is 1. The molecule has 194 valence electrons. The third-order valence-electron chi connectivity index (χ3n) is 6.33. The molecule has 0 aliphatic heterocycles. The zero-order chi connectivity index (χ0) is 26.5. The molecule has 8 heteroatoms. The lowest BCUT2D eigenvalue weighted by atomic mass is 9.95. The van der Waals surface area contributed by atoms with Crippen LogP contribution < -0.4 is 14.8 Å². The summed E-state index contributed by atoms with van der Waals surface area (Å²) in [5.74, 6) is 1.01. The highest BCUT2D eigenvalue weighted by atomic mass is 35.5. The number of rotatable bonds is 8. The molecule has 0 saturated carbocycles. The summed E-state index contributed by atoms with van der Waals surface area (Å²) in [5, 5.41) is 4.70. The minimum Gasteiger partial charge on any atom is -0.493 e. The topological polar surface area (TPSA) is 59.9 Å². The van der Waals surface area contributed by atoms with Crippen molar-refractivity contribution in [3.8, 4) is 11.5 Å². The zero-order valence-corrected chi connectivity index (χ0v) is 23.1. The predicted molar refractivity (Wildman–Crippen MR) is 156 cm³/mol. The number of carbonyl (C=O) groups is 1. The molecule has 0 atom stereocenters. The maximum absolute atomic E-state index is 13.4. The second-order valence-corrected chi connectivity index (χ2v) is 10.8. The highest BCUT2D eigenvalue weighted by Gasteiger charge is 2.25. The molecule has 1 aliphatic rings. The Kier molecular flexibility index (Phi) is 8.32. The van der Waals surface area contributed by atoms with Crippen molar-refractivity contribution in [2.75, 3.05) is 12.4 Å². The van der Waals surface area contributed by atoms with E-state index in [2.05, 4.69) is 5.32 Å². The van der Waals surface area contributed by atoms with E-state index in [4.69, 9.17) is 37.7 Å². The molecule has 0 radical (unpaired) electrons. The van der Waals surface area contributed by atoms with Gasteiger partial charge in [0, 0.05) is 22.3 Å². The lowest BCUT2D eigenvalue weighted by Gasteiger charge is -2.14. The lowest BCUT2D eigenvalue weighted by Crippen LogP contribution is -2.14. The summed E-state index contributed by atoms with van der Waals surface area (Å²) < 4.78 is 11.7. The molecule has 1 heterocycles. The highest BCUT2D eigenvalue weighted by Crippen LogP contribution is 2.41. The van der Waals surface area contributed by atoms with Gasteiger partial charge in [0.05, 0.1) is 22.7 Å². The number of halogens is 2. The monoisotopic (exact) mass is 564 g/mol. The van der Waals surface area contributed by atoms with Crippen molar-refractivity contribution < 1.29 is 14.3 Å². The number of thiophene rings is 1. The highest BCUT2D eigenvalue weighted by molar-refractivity contribution is 7.16. The van der Waals surface area contributed by atoms with Crippen molar-refractivity contribution in [1.29, 1.82) is 0 Å². The molecular formula is C30H26Cl2N2O3S. The number of benzene rings is 3. The second kappa shape index (κ2) is 12.0. The van der Waals surface area contributed by atoms with Crippen molar-refractivity contribution in [2.45, 2.75) is 32.3 Å². The summed E-state index contributed by atoms with van der Waals surface area (Å²) in [5.41, 5.74) is 4.15. The Hall–Kier alpha value is -3.32. The van der Waals surface area contributed by atoms with Crippen molar-refractivity contribution >= 4 is 57.3 Å². The van der Waals surface area contributed by atoms with Gasteiger partial charge in [-0.1, -0.05) is 53.5 Å². The van der Waals surface area contributed by atoms with E-state index in [0.717, 1.165) is 48.1 Å². The van der Waals surface area contributed by atoms with E-state index in [0.29, 0.717) is 32.1 Å². The summed E-state index contributed by atoms with van der Waals surface area (Å²) >= 11 is 13.8. The molecule has 0 bridgehead atoms. The molecule has 5 nitrogen and oxygen atoms in total. The van der Waals surface area contributed by atoms with Gasteiger partial charge in [-0.05, 0) is 73.2 Å². The third-order valence-corrected chi connectivity index (χ3v) is 8.27. The van der Waals surface area contributed by atoms with Gasteiger partial charge in [0.1, 0.15) is 11.6 Å². The van der Waals surface area contributed by atoms with E-state index in [1.807, 2.05) is 54.6 Å². The van der Waals surface area contributed by atoms with Crippen LogP contribution in [-0.2, 0) is 19.4 Å². The van der Waals surface area contributed by atoms with Crippen LogP contribution in [0.25, 0.3) is 0 Å². The number of fused-ring (bicyclic) bond motifs is 1. The van der Waals surface area contributed by atoms with Gasteiger partial charge in [-0.3, -0.25) is 4.79 Å². The van der Waals surface area contributed by atoms with Gasteiger partial charge in [0.2, 0.25) is 0 Å². The van der Waals surface area contributed by atoms with Gasteiger partial charge in [-0.15, -0.1) is 11.3 Å². The van der Waals surface area contributed by atoms with Crippen LogP contribution in [0.3, 0.4) is 0 Å². The van der Waals surface area contributed by atoms with Gasteiger partial charge >= 0.3 is 0 Å². The number of nitrogens with zero attached hydrogens (tertiary/aromatic N) is 1. The number of amides is 1.